The van der Waals surface area contributed by atoms with E-state index in [1.54, 1.807) is 4.57 Å². The van der Waals surface area contributed by atoms with Crippen LogP contribution in [0.3, 0.4) is 0 Å². The molecule has 5 heterocycles. The maximum Gasteiger partial charge on any atom is 0.407 e. The zero-order chi connectivity index (χ0) is 26.4. The lowest BCUT2D eigenvalue weighted by Crippen LogP contribution is -2.39. The van der Waals surface area contributed by atoms with Crippen LogP contribution in [0.5, 0.6) is 0 Å². The van der Waals surface area contributed by atoms with Crippen LogP contribution in [0.25, 0.3) is 28.1 Å². The van der Waals surface area contributed by atoms with E-state index >= 15 is 0 Å². The number of nitrogens with zero attached hydrogens (tertiary/aromatic N) is 8. The number of ketones is 1. The number of rotatable bonds is 5. The zero-order valence-corrected chi connectivity index (χ0v) is 21.5. The number of para-hydroxylation sites is 2. The molecular weight excluding hydrogens is 488 g/mol. The van der Waals surface area contributed by atoms with Gasteiger partial charge in [-0.25, -0.2) is 14.8 Å². The largest absolute Gasteiger partial charge is 0.465 e. The number of piperidine rings is 1. The first-order chi connectivity index (χ1) is 18.5. The fourth-order valence-corrected chi connectivity index (χ4v) is 5.40. The number of carbonyl (C=O) groups is 2. The SMILES string of the molecule is CCc1nc2ccccc2n1-c1nc(N2CCOCC2)c2nc(C(=O)C3CCN(C(=O)O)CC3)n(C)c2n1. The molecule has 0 bridgehead atoms. The van der Waals surface area contributed by atoms with Crippen molar-refractivity contribution in [3.63, 3.8) is 0 Å². The van der Waals surface area contributed by atoms with Crippen LogP contribution in [-0.4, -0.2) is 90.3 Å². The molecule has 198 valence electrons. The van der Waals surface area contributed by atoms with E-state index in [4.69, 9.17) is 24.7 Å². The summed E-state index contributed by atoms with van der Waals surface area (Å²) in [6, 6.07) is 7.91. The standard InChI is InChI=1S/C26H30N8O4/c1-3-19-27-17-6-4-5-7-18(17)34(19)25-29-22-20(23(30-25)32-12-14-38-15-13-32)28-24(31(22)2)21(35)16-8-10-33(11-9-16)26(36)37/h4-7,16H,3,8-15H2,1-2H3,(H,36,37). The first-order valence-corrected chi connectivity index (χ1v) is 13.0. The fraction of sp³-hybridized carbons (Fsp3) is 0.462. The van der Waals surface area contributed by atoms with E-state index in [1.807, 2.05) is 35.9 Å². The Balaban J connectivity index is 1.48. The summed E-state index contributed by atoms with van der Waals surface area (Å²) >= 11 is 0. The van der Waals surface area contributed by atoms with Crippen LogP contribution in [0.1, 0.15) is 36.2 Å². The van der Waals surface area contributed by atoms with Crippen LogP contribution < -0.4 is 4.90 Å². The van der Waals surface area contributed by atoms with E-state index in [9.17, 15) is 14.7 Å². The van der Waals surface area contributed by atoms with E-state index in [2.05, 4.69) is 11.8 Å². The number of carbonyl (C=O) groups excluding carboxylic acids is 1. The maximum atomic E-state index is 13.6. The Bertz CT molecular complexity index is 1530. The third-order valence-corrected chi connectivity index (χ3v) is 7.50. The number of fused-ring (bicyclic) bond motifs is 2. The molecule has 0 atom stereocenters. The van der Waals surface area contributed by atoms with Gasteiger partial charge in [0.2, 0.25) is 11.7 Å². The third kappa shape index (κ3) is 4.05. The number of ether oxygens (including phenoxy) is 1. The molecule has 0 aliphatic carbocycles. The molecule has 38 heavy (non-hydrogen) atoms. The summed E-state index contributed by atoms with van der Waals surface area (Å²) in [6.45, 7) is 5.20. The van der Waals surface area contributed by atoms with Crippen LogP contribution in [0.4, 0.5) is 10.6 Å². The molecule has 0 unspecified atom stereocenters. The van der Waals surface area contributed by atoms with Crippen molar-refractivity contribution in [2.75, 3.05) is 44.3 Å². The second-order valence-electron chi connectivity index (χ2n) is 9.73. The predicted molar refractivity (Wildman–Crippen MR) is 140 cm³/mol. The molecular formula is C26H30N8O4. The third-order valence-electron chi connectivity index (χ3n) is 7.50. The van der Waals surface area contributed by atoms with E-state index in [0.29, 0.717) is 87.4 Å². The zero-order valence-electron chi connectivity index (χ0n) is 21.5. The molecule has 2 fully saturated rings. The summed E-state index contributed by atoms with van der Waals surface area (Å²) < 4.78 is 9.31. The summed E-state index contributed by atoms with van der Waals surface area (Å²) in [5, 5.41) is 9.27. The number of likely N-dealkylation sites (tertiary alicyclic amines) is 1. The first kappa shape index (κ1) is 24.3. The number of carboxylic acid groups (broad SMARTS) is 1. The lowest BCUT2D eigenvalue weighted by molar-refractivity contribution is 0.0809. The second-order valence-corrected chi connectivity index (χ2v) is 9.73. The molecule has 0 spiro atoms. The van der Waals surface area contributed by atoms with Crippen LogP contribution in [0.15, 0.2) is 24.3 Å². The van der Waals surface area contributed by atoms with Crippen LogP contribution in [0.2, 0.25) is 0 Å². The summed E-state index contributed by atoms with van der Waals surface area (Å²) in [5.74, 6) is 1.95. The molecule has 3 aromatic heterocycles. The fourth-order valence-electron chi connectivity index (χ4n) is 5.40. The maximum absolute atomic E-state index is 13.6. The number of anilines is 1. The topological polar surface area (TPSA) is 132 Å². The Morgan fingerprint density at radius 2 is 1.76 bits per heavy atom. The number of amides is 1. The number of aromatic nitrogens is 6. The first-order valence-electron chi connectivity index (χ1n) is 13.0. The van der Waals surface area contributed by atoms with E-state index in [1.165, 1.54) is 4.90 Å². The Kier molecular flexibility index (Phi) is 6.18. The van der Waals surface area contributed by atoms with Crippen molar-refractivity contribution in [2.24, 2.45) is 13.0 Å². The van der Waals surface area contributed by atoms with Gasteiger partial charge in [-0.2, -0.15) is 9.97 Å². The summed E-state index contributed by atoms with van der Waals surface area (Å²) in [6.07, 6.45) is 0.702. The van der Waals surface area contributed by atoms with Crippen LogP contribution in [-0.2, 0) is 18.2 Å². The molecule has 2 aliphatic heterocycles. The molecule has 1 aromatic carbocycles. The normalized spacial score (nSPS) is 17.0. The Morgan fingerprint density at radius 3 is 2.47 bits per heavy atom. The summed E-state index contributed by atoms with van der Waals surface area (Å²) in [5.41, 5.74) is 2.93. The van der Waals surface area contributed by atoms with Gasteiger partial charge in [0.25, 0.3) is 0 Å². The highest BCUT2D eigenvalue weighted by molar-refractivity contribution is 5.99. The van der Waals surface area contributed by atoms with Crippen LogP contribution >= 0.6 is 0 Å². The minimum Gasteiger partial charge on any atom is -0.465 e. The number of morpholine rings is 1. The van der Waals surface area contributed by atoms with Gasteiger partial charge in [0.15, 0.2) is 22.8 Å². The second kappa shape index (κ2) is 9.67. The number of benzene rings is 1. The molecule has 2 aliphatic rings. The highest BCUT2D eigenvalue weighted by Crippen LogP contribution is 2.30. The number of Topliss-reactive ketones (excluding diaryl/α,β-unsaturated/α-hetero) is 1. The number of hydrogen-bond acceptors (Lipinski definition) is 8. The molecule has 4 aromatic rings. The quantitative estimate of drug-likeness (QED) is 0.396. The van der Waals surface area contributed by atoms with Gasteiger partial charge >= 0.3 is 6.09 Å². The molecule has 1 N–H and O–H groups in total. The Morgan fingerprint density at radius 1 is 1.03 bits per heavy atom. The highest BCUT2D eigenvalue weighted by atomic mass is 16.5. The van der Waals surface area contributed by atoms with Crippen molar-refractivity contribution in [3.8, 4) is 5.95 Å². The van der Waals surface area contributed by atoms with Gasteiger partial charge < -0.3 is 24.2 Å². The van der Waals surface area contributed by atoms with Crippen molar-refractivity contribution in [1.82, 2.24) is 34.0 Å². The minimum absolute atomic E-state index is 0.0904. The van der Waals surface area contributed by atoms with Crippen molar-refractivity contribution >= 4 is 39.9 Å². The average Bonchev–Trinajstić information content (AvgIpc) is 3.50. The van der Waals surface area contributed by atoms with Gasteiger partial charge in [-0.05, 0) is 25.0 Å². The molecule has 1 amide bonds. The van der Waals surface area contributed by atoms with E-state index in [0.717, 1.165) is 16.9 Å². The monoisotopic (exact) mass is 518 g/mol. The number of hydrogen-bond donors (Lipinski definition) is 1. The number of aryl methyl sites for hydroxylation is 2. The van der Waals surface area contributed by atoms with E-state index < -0.39 is 6.09 Å². The molecule has 2 saturated heterocycles. The molecule has 0 saturated carbocycles. The average molecular weight is 519 g/mol. The van der Waals surface area contributed by atoms with Gasteiger partial charge in [0.05, 0.1) is 24.2 Å². The minimum atomic E-state index is -0.949. The predicted octanol–water partition coefficient (Wildman–Crippen LogP) is 2.67. The van der Waals surface area contributed by atoms with Crippen molar-refractivity contribution in [3.05, 3.63) is 35.9 Å². The smallest absolute Gasteiger partial charge is 0.407 e. The summed E-state index contributed by atoms with van der Waals surface area (Å²) in [7, 11) is 1.81. The Hall–Kier alpha value is -4.06. The van der Waals surface area contributed by atoms with E-state index in [-0.39, 0.29) is 11.7 Å². The Labute approximate surface area is 218 Å². The highest BCUT2D eigenvalue weighted by Gasteiger charge is 2.32. The molecule has 12 nitrogen and oxygen atoms in total. The lowest BCUT2D eigenvalue weighted by atomic mass is 9.92. The summed E-state index contributed by atoms with van der Waals surface area (Å²) in [4.78, 5) is 47.9. The molecule has 0 radical (unpaired) electrons. The van der Waals surface area contributed by atoms with Gasteiger partial charge in [-0.15, -0.1) is 0 Å². The molecule has 6 rings (SSSR count). The van der Waals surface area contributed by atoms with Gasteiger partial charge in [0, 0.05) is 45.6 Å². The van der Waals surface area contributed by atoms with Crippen molar-refractivity contribution in [1.29, 1.82) is 0 Å². The van der Waals surface area contributed by atoms with Gasteiger partial charge in [0.1, 0.15) is 5.82 Å². The number of imidazole rings is 2. The molecule has 12 heteroatoms. The lowest BCUT2D eigenvalue weighted by Gasteiger charge is -2.28. The van der Waals surface area contributed by atoms with Gasteiger partial charge in [-0.1, -0.05) is 19.1 Å². The van der Waals surface area contributed by atoms with Crippen molar-refractivity contribution in [2.45, 2.75) is 26.2 Å². The van der Waals surface area contributed by atoms with Crippen LogP contribution in [0, 0.1) is 5.92 Å². The van der Waals surface area contributed by atoms with Crippen molar-refractivity contribution < 1.29 is 19.4 Å². The van der Waals surface area contributed by atoms with Gasteiger partial charge in [-0.3, -0.25) is 9.36 Å².